The summed E-state index contributed by atoms with van der Waals surface area (Å²) in [5.74, 6) is 5.00. The molecule has 1 heterocycles. The Morgan fingerprint density at radius 2 is 2.24 bits per heavy atom. The van der Waals surface area contributed by atoms with Crippen molar-refractivity contribution >= 4 is 17.2 Å². The first kappa shape index (κ1) is 15.2. The van der Waals surface area contributed by atoms with Crippen molar-refractivity contribution in [2.45, 2.75) is 13.5 Å². The Morgan fingerprint density at radius 1 is 1.43 bits per heavy atom. The first-order valence-corrected chi connectivity index (χ1v) is 7.29. The second-order valence-corrected chi connectivity index (χ2v) is 5.34. The molecule has 108 valence electrons. The van der Waals surface area contributed by atoms with E-state index in [9.17, 15) is 9.18 Å². The van der Waals surface area contributed by atoms with Crippen LogP contribution in [0.3, 0.4) is 0 Å². The fraction of sp³-hybridized carbons (Fsp3) is 0.188. The number of nitrogens with two attached hydrogens (primary N) is 1. The van der Waals surface area contributed by atoms with Gasteiger partial charge in [-0.15, -0.1) is 11.3 Å². The van der Waals surface area contributed by atoms with Crippen LogP contribution in [0.5, 0.6) is 0 Å². The number of halogens is 1. The quantitative estimate of drug-likeness (QED) is 0.856. The van der Waals surface area contributed by atoms with Crippen molar-refractivity contribution in [3.05, 3.63) is 57.0 Å². The Labute approximate surface area is 127 Å². The van der Waals surface area contributed by atoms with Gasteiger partial charge in [0.1, 0.15) is 5.82 Å². The second kappa shape index (κ2) is 7.02. The molecule has 1 amide bonds. The zero-order valence-electron chi connectivity index (χ0n) is 11.6. The number of aryl methyl sites for hydroxylation is 1. The largest absolute Gasteiger partial charge is 0.347 e. The number of carbonyl (C=O) groups excluding carboxylic acids is 1. The lowest BCUT2D eigenvalue weighted by molar-refractivity contribution is 0.0954. The van der Waals surface area contributed by atoms with Crippen LogP contribution in [0.25, 0.3) is 0 Å². The molecule has 2 aromatic rings. The van der Waals surface area contributed by atoms with Gasteiger partial charge in [-0.3, -0.25) is 4.79 Å². The lowest BCUT2D eigenvalue weighted by Crippen LogP contribution is -2.23. The molecule has 0 fully saturated rings. The molecule has 21 heavy (non-hydrogen) atoms. The second-order valence-electron chi connectivity index (χ2n) is 4.43. The number of hydrogen-bond donors (Lipinski definition) is 2. The molecular weight excluding hydrogens is 287 g/mol. The van der Waals surface area contributed by atoms with Crippen molar-refractivity contribution in [1.82, 2.24) is 5.32 Å². The average Bonchev–Trinajstić information content (AvgIpc) is 2.91. The summed E-state index contributed by atoms with van der Waals surface area (Å²) in [5.41, 5.74) is 7.31. The third-order valence-electron chi connectivity index (χ3n) is 2.89. The summed E-state index contributed by atoms with van der Waals surface area (Å²) >= 11 is 1.37. The van der Waals surface area contributed by atoms with Crippen LogP contribution in [0.2, 0.25) is 0 Å². The van der Waals surface area contributed by atoms with E-state index < -0.39 is 0 Å². The summed E-state index contributed by atoms with van der Waals surface area (Å²) in [5, 5.41) is 4.58. The van der Waals surface area contributed by atoms with Gasteiger partial charge >= 0.3 is 0 Å². The van der Waals surface area contributed by atoms with E-state index >= 15 is 0 Å². The van der Waals surface area contributed by atoms with Gasteiger partial charge in [0, 0.05) is 17.7 Å². The SMILES string of the molecule is Cc1ccsc1C(=O)NCc1cc(C#CCN)ccc1F. The van der Waals surface area contributed by atoms with Crippen molar-refractivity contribution in [3.63, 3.8) is 0 Å². The number of thiophene rings is 1. The Balaban J connectivity index is 2.09. The van der Waals surface area contributed by atoms with Gasteiger partial charge in [0.15, 0.2) is 0 Å². The highest BCUT2D eigenvalue weighted by molar-refractivity contribution is 7.12. The minimum atomic E-state index is -0.364. The van der Waals surface area contributed by atoms with Gasteiger partial charge in [-0.05, 0) is 42.1 Å². The van der Waals surface area contributed by atoms with E-state index in [0.717, 1.165) is 5.56 Å². The van der Waals surface area contributed by atoms with Gasteiger partial charge < -0.3 is 11.1 Å². The maximum absolute atomic E-state index is 13.7. The molecule has 1 aromatic carbocycles. The highest BCUT2D eigenvalue weighted by atomic mass is 32.1. The molecule has 0 saturated carbocycles. The standard InChI is InChI=1S/C16H15FN2OS/c1-11-6-8-21-15(11)16(20)19-10-13-9-12(3-2-7-18)4-5-14(13)17/h4-6,8-9H,7,10,18H2,1H3,(H,19,20). The third-order valence-corrected chi connectivity index (χ3v) is 3.90. The van der Waals surface area contributed by atoms with E-state index in [1.165, 1.54) is 17.4 Å². The summed E-state index contributed by atoms with van der Waals surface area (Å²) in [6.45, 7) is 2.25. The fourth-order valence-electron chi connectivity index (χ4n) is 1.80. The highest BCUT2D eigenvalue weighted by Gasteiger charge is 2.11. The number of nitrogens with one attached hydrogen (secondary N) is 1. The van der Waals surface area contributed by atoms with E-state index in [4.69, 9.17) is 5.73 Å². The van der Waals surface area contributed by atoms with Crippen LogP contribution in [-0.2, 0) is 6.54 Å². The molecule has 3 nitrogen and oxygen atoms in total. The molecule has 0 atom stereocenters. The van der Waals surface area contributed by atoms with Crippen molar-refractivity contribution in [3.8, 4) is 11.8 Å². The Morgan fingerprint density at radius 3 is 2.90 bits per heavy atom. The average molecular weight is 302 g/mol. The van der Waals surface area contributed by atoms with Crippen LogP contribution in [0, 0.1) is 24.6 Å². The monoisotopic (exact) mass is 302 g/mol. The minimum absolute atomic E-state index is 0.125. The molecule has 5 heteroatoms. The lowest BCUT2D eigenvalue weighted by Gasteiger charge is -2.06. The Kier molecular flexibility index (Phi) is 5.09. The molecule has 0 radical (unpaired) electrons. The summed E-state index contributed by atoms with van der Waals surface area (Å²) in [7, 11) is 0. The van der Waals surface area contributed by atoms with E-state index in [1.807, 2.05) is 18.4 Å². The van der Waals surface area contributed by atoms with Gasteiger partial charge in [0.2, 0.25) is 0 Å². The molecule has 0 aliphatic rings. The number of benzene rings is 1. The van der Waals surface area contributed by atoms with Gasteiger partial charge in [0.25, 0.3) is 5.91 Å². The predicted octanol–water partition coefficient (Wildman–Crippen LogP) is 2.44. The Hall–Kier alpha value is -2.16. The topological polar surface area (TPSA) is 55.1 Å². The number of carbonyl (C=O) groups is 1. The van der Waals surface area contributed by atoms with Crippen molar-refractivity contribution in [2.24, 2.45) is 5.73 Å². The summed E-state index contributed by atoms with van der Waals surface area (Å²) in [4.78, 5) is 12.6. The van der Waals surface area contributed by atoms with Crippen molar-refractivity contribution in [2.75, 3.05) is 6.54 Å². The van der Waals surface area contributed by atoms with E-state index in [1.54, 1.807) is 12.1 Å². The van der Waals surface area contributed by atoms with Crippen molar-refractivity contribution in [1.29, 1.82) is 0 Å². The zero-order valence-corrected chi connectivity index (χ0v) is 12.4. The van der Waals surface area contributed by atoms with E-state index in [-0.39, 0.29) is 24.8 Å². The van der Waals surface area contributed by atoms with Crippen LogP contribution in [0.1, 0.15) is 26.4 Å². The predicted molar refractivity (Wildman–Crippen MR) is 82.6 cm³/mol. The summed E-state index contributed by atoms with van der Waals surface area (Å²) in [6, 6.07) is 6.44. The third kappa shape index (κ3) is 3.91. The van der Waals surface area contributed by atoms with Crippen LogP contribution < -0.4 is 11.1 Å². The number of hydrogen-bond acceptors (Lipinski definition) is 3. The summed E-state index contributed by atoms with van der Waals surface area (Å²) in [6.07, 6.45) is 0. The van der Waals surface area contributed by atoms with Gasteiger partial charge in [-0.2, -0.15) is 0 Å². The van der Waals surface area contributed by atoms with Crippen LogP contribution >= 0.6 is 11.3 Å². The molecule has 0 aliphatic heterocycles. The molecule has 0 unspecified atom stereocenters. The fourth-order valence-corrected chi connectivity index (χ4v) is 2.64. The maximum Gasteiger partial charge on any atom is 0.261 e. The van der Waals surface area contributed by atoms with Crippen LogP contribution in [0.15, 0.2) is 29.6 Å². The molecular formula is C16H15FN2OS. The molecule has 3 N–H and O–H groups in total. The smallest absolute Gasteiger partial charge is 0.261 e. The molecule has 0 spiro atoms. The van der Waals surface area contributed by atoms with Crippen molar-refractivity contribution < 1.29 is 9.18 Å². The maximum atomic E-state index is 13.7. The molecule has 0 bridgehead atoms. The molecule has 1 aromatic heterocycles. The molecule has 0 aliphatic carbocycles. The van der Waals surface area contributed by atoms with Gasteiger partial charge in [-0.1, -0.05) is 11.8 Å². The number of rotatable bonds is 3. The zero-order chi connectivity index (χ0) is 15.2. The number of amides is 1. The van der Waals surface area contributed by atoms with Gasteiger partial charge in [0.05, 0.1) is 11.4 Å². The first-order valence-electron chi connectivity index (χ1n) is 6.41. The highest BCUT2D eigenvalue weighted by Crippen LogP contribution is 2.16. The lowest BCUT2D eigenvalue weighted by atomic mass is 10.1. The van der Waals surface area contributed by atoms with Crippen LogP contribution in [0.4, 0.5) is 4.39 Å². The Bertz CT molecular complexity index is 713. The van der Waals surface area contributed by atoms with E-state index in [0.29, 0.717) is 16.0 Å². The van der Waals surface area contributed by atoms with Gasteiger partial charge in [-0.25, -0.2) is 4.39 Å². The normalized spacial score (nSPS) is 9.86. The van der Waals surface area contributed by atoms with E-state index in [2.05, 4.69) is 17.2 Å². The minimum Gasteiger partial charge on any atom is -0.347 e. The molecule has 0 saturated heterocycles. The first-order chi connectivity index (χ1) is 10.1. The van der Waals surface area contributed by atoms with Crippen LogP contribution in [-0.4, -0.2) is 12.5 Å². The molecule has 2 rings (SSSR count). The summed E-state index contributed by atoms with van der Waals surface area (Å²) < 4.78 is 13.7.